The number of benzene rings is 2. The Morgan fingerprint density at radius 3 is 2.57 bits per heavy atom. The SMILES string of the molecule is ClCc1nnn(-c2ccc3c(c2)OCCO3)c1-c1ccccc1. The summed E-state index contributed by atoms with van der Waals surface area (Å²) in [5, 5.41) is 8.48. The zero-order valence-electron chi connectivity index (χ0n) is 12.3. The Bertz CT molecular complexity index is 833. The monoisotopic (exact) mass is 327 g/mol. The van der Waals surface area contributed by atoms with Crippen molar-refractivity contribution in [2.75, 3.05) is 13.2 Å². The number of hydrogen-bond acceptors (Lipinski definition) is 4. The summed E-state index contributed by atoms with van der Waals surface area (Å²) < 4.78 is 13.0. The quantitative estimate of drug-likeness (QED) is 0.691. The molecule has 0 saturated heterocycles. The van der Waals surface area contributed by atoms with Gasteiger partial charge in [-0.25, -0.2) is 4.68 Å². The van der Waals surface area contributed by atoms with Crippen molar-refractivity contribution in [2.45, 2.75) is 5.88 Å². The molecule has 1 aliphatic heterocycles. The molecule has 0 saturated carbocycles. The lowest BCUT2D eigenvalue weighted by molar-refractivity contribution is 0.171. The molecule has 0 amide bonds. The van der Waals surface area contributed by atoms with Crippen LogP contribution in [0.25, 0.3) is 16.9 Å². The molecule has 1 aromatic heterocycles. The van der Waals surface area contributed by atoms with Gasteiger partial charge in [-0.1, -0.05) is 35.5 Å². The summed E-state index contributed by atoms with van der Waals surface area (Å²) in [6, 6.07) is 15.7. The number of ether oxygens (including phenoxy) is 2. The Labute approximate surface area is 138 Å². The van der Waals surface area contributed by atoms with Gasteiger partial charge in [0.25, 0.3) is 0 Å². The number of hydrogen-bond donors (Lipinski definition) is 0. The zero-order valence-corrected chi connectivity index (χ0v) is 13.0. The number of aromatic nitrogens is 3. The summed E-state index contributed by atoms with van der Waals surface area (Å²) in [6.45, 7) is 1.12. The largest absolute Gasteiger partial charge is 0.486 e. The standard InChI is InChI=1S/C17H14ClN3O2/c18-11-14-17(12-4-2-1-3-5-12)21(20-19-14)13-6-7-15-16(10-13)23-9-8-22-15/h1-7,10H,8-9,11H2. The van der Waals surface area contributed by atoms with E-state index in [0.29, 0.717) is 19.1 Å². The van der Waals surface area contributed by atoms with Gasteiger partial charge < -0.3 is 9.47 Å². The second kappa shape index (κ2) is 5.93. The van der Waals surface area contributed by atoms with Gasteiger partial charge in [0, 0.05) is 11.6 Å². The molecular weight excluding hydrogens is 314 g/mol. The van der Waals surface area contributed by atoms with E-state index in [9.17, 15) is 0 Å². The Balaban J connectivity index is 1.85. The van der Waals surface area contributed by atoms with Crippen LogP contribution >= 0.6 is 11.6 Å². The van der Waals surface area contributed by atoms with Crippen molar-refractivity contribution in [3.05, 3.63) is 54.2 Å². The van der Waals surface area contributed by atoms with E-state index in [1.807, 2.05) is 48.5 Å². The maximum atomic E-state index is 6.04. The molecule has 23 heavy (non-hydrogen) atoms. The van der Waals surface area contributed by atoms with Gasteiger partial charge in [0.05, 0.1) is 17.3 Å². The van der Waals surface area contributed by atoms with Gasteiger partial charge in [0.1, 0.15) is 18.9 Å². The van der Waals surface area contributed by atoms with Crippen LogP contribution in [0.4, 0.5) is 0 Å². The summed E-state index contributed by atoms with van der Waals surface area (Å²) in [6.07, 6.45) is 0. The van der Waals surface area contributed by atoms with Crippen LogP contribution in [0.2, 0.25) is 0 Å². The van der Waals surface area contributed by atoms with Crippen molar-refractivity contribution in [3.8, 4) is 28.4 Å². The second-order valence-electron chi connectivity index (χ2n) is 5.12. The van der Waals surface area contributed by atoms with Gasteiger partial charge in [-0.2, -0.15) is 0 Å². The molecule has 1 aliphatic rings. The average molecular weight is 328 g/mol. The predicted molar refractivity (Wildman–Crippen MR) is 87.3 cm³/mol. The molecule has 0 spiro atoms. The average Bonchev–Trinajstić information content (AvgIpc) is 3.06. The molecular formula is C17H14ClN3O2. The third kappa shape index (κ3) is 2.53. The lowest BCUT2D eigenvalue weighted by Gasteiger charge is -2.19. The summed E-state index contributed by atoms with van der Waals surface area (Å²) in [4.78, 5) is 0. The fourth-order valence-corrected chi connectivity index (χ4v) is 2.81. The minimum atomic E-state index is 0.300. The van der Waals surface area contributed by atoms with E-state index >= 15 is 0 Å². The molecule has 3 aromatic rings. The molecule has 0 atom stereocenters. The lowest BCUT2D eigenvalue weighted by atomic mass is 10.1. The van der Waals surface area contributed by atoms with Crippen molar-refractivity contribution in [3.63, 3.8) is 0 Å². The van der Waals surface area contributed by atoms with Crippen molar-refractivity contribution >= 4 is 11.6 Å². The highest BCUT2D eigenvalue weighted by Crippen LogP contribution is 2.34. The number of fused-ring (bicyclic) bond motifs is 1. The maximum Gasteiger partial charge on any atom is 0.163 e. The minimum Gasteiger partial charge on any atom is -0.486 e. The van der Waals surface area contributed by atoms with E-state index < -0.39 is 0 Å². The summed E-state index contributed by atoms with van der Waals surface area (Å²) >= 11 is 6.04. The van der Waals surface area contributed by atoms with Gasteiger partial charge in [-0.3, -0.25) is 0 Å². The van der Waals surface area contributed by atoms with Crippen molar-refractivity contribution < 1.29 is 9.47 Å². The van der Waals surface area contributed by atoms with E-state index in [1.54, 1.807) is 4.68 Å². The first-order chi connectivity index (χ1) is 11.4. The van der Waals surface area contributed by atoms with E-state index in [1.165, 1.54) is 0 Å². The Morgan fingerprint density at radius 2 is 1.78 bits per heavy atom. The Morgan fingerprint density at radius 1 is 1.00 bits per heavy atom. The molecule has 0 bridgehead atoms. The lowest BCUT2D eigenvalue weighted by Crippen LogP contribution is -2.15. The van der Waals surface area contributed by atoms with Crippen LogP contribution < -0.4 is 9.47 Å². The van der Waals surface area contributed by atoms with Gasteiger partial charge in [0.2, 0.25) is 0 Å². The maximum absolute atomic E-state index is 6.04. The van der Waals surface area contributed by atoms with Crippen molar-refractivity contribution in [1.82, 2.24) is 15.0 Å². The molecule has 2 heterocycles. The molecule has 116 valence electrons. The zero-order chi connectivity index (χ0) is 15.6. The third-order valence-corrected chi connectivity index (χ3v) is 3.94. The van der Waals surface area contributed by atoms with Crippen molar-refractivity contribution in [2.24, 2.45) is 0 Å². The molecule has 0 N–H and O–H groups in total. The fourth-order valence-electron chi connectivity index (χ4n) is 2.63. The fraction of sp³-hybridized carbons (Fsp3) is 0.176. The summed E-state index contributed by atoms with van der Waals surface area (Å²) in [7, 11) is 0. The number of nitrogens with zero attached hydrogens (tertiary/aromatic N) is 3. The summed E-state index contributed by atoms with van der Waals surface area (Å²) in [5.41, 5.74) is 3.50. The summed E-state index contributed by atoms with van der Waals surface area (Å²) in [5.74, 6) is 1.77. The second-order valence-corrected chi connectivity index (χ2v) is 5.39. The van der Waals surface area contributed by atoms with Crippen molar-refractivity contribution in [1.29, 1.82) is 0 Å². The highest BCUT2D eigenvalue weighted by atomic mass is 35.5. The number of alkyl halides is 1. The highest BCUT2D eigenvalue weighted by molar-refractivity contribution is 6.17. The normalized spacial score (nSPS) is 13.1. The smallest absolute Gasteiger partial charge is 0.163 e. The van der Waals surface area contributed by atoms with Gasteiger partial charge in [-0.05, 0) is 12.1 Å². The molecule has 6 heteroatoms. The first-order valence-corrected chi connectivity index (χ1v) is 7.86. The topological polar surface area (TPSA) is 49.2 Å². The van der Waals surface area contributed by atoms with E-state index in [4.69, 9.17) is 21.1 Å². The van der Waals surface area contributed by atoms with Crippen LogP contribution in [-0.4, -0.2) is 28.2 Å². The predicted octanol–water partition coefficient (Wildman–Crippen LogP) is 3.44. The molecule has 4 rings (SSSR count). The first kappa shape index (κ1) is 14.1. The number of halogens is 1. The van der Waals surface area contributed by atoms with Crippen LogP contribution in [-0.2, 0) is 5.88 Å². The van der Waals surface area contributed by atoms with Crippen LogP contribution in [0.5, 0.6) is 11.5 Å². The molecule has 0 radical (unpaired) electrons. The first-order valence-electron chi connectivity index (χ1n) is 7.33. The molecule has 2 aromatic carbocycles. The molecule has 5 nitrogen and oxygen atoms in total. The van der Waals surface area contributed by atoms with Crippen LogP contribution in [0.3, 0.4) is 0 Å². The highest BCUT2D eigenvalue weighted by Gasteiger charge is 2.18. The van der Waals surface area contributed by atoms with E-state index in [2.05, 4.69) is 10.3 Å². The van der Waals surface area contributed by atoms with Crippen LogP contribution in [0, 0.1) is 0 Å². The Hall–Kier alpha value is -2.53. The van der Waals surface area contributed by atoms with Gasteiger partial charge >= 0.3 is 0 Å². The van der Waals surface area contributed by atoms with Crippen LogP contribution in [0.1, 0.15) is 5.69 Å². The molecule has 0 unspecified atom stereocenters. The van der Waals surface area contributed by atoms with E-state index in [-0.39, 0.29) is 0 Å². The van der Waals surface area contributed by atoms with Gasteiger partial charge in [0.15, 0.2) is 11.5 Å². The van der Waals surface area contributed by atoms with Crippen LogP contribution in [0.15, 0.2) is 48.5 Å². The number of rotatable bonds is 3. The molecule has 0 aliphatic carbocycles. The van der Waals surface area contributed by atoms with E-state index in [0.717, 1.165) is 34.1 Å². The minimum absolute atomic E-state index is 0.300. The molecule has 0 fully saturated rings. The van der Waals surface area contributed by atoms with Gasteiger partial charge in [-0.15, -0.1) is 16.7 Å². The Kier molecular flexibility index (Phi) is 3.63. The third-order valence-electron chi connectivity index (χ3n) is 3.68.